The molecule has 0 saturated carbocycles. The van der Waals surface area contributed by atoms with Gasteiger partial charge in [0.15, 0.2) is 0 Å². The lowest BCUT2D eigenvalue weighted by atomic mass is 10.1. The largest absolute Gasteiger partial charge is 0.317 e. The minimum atomic E-state index is -0.613. The highest BCUT2D eigenvalue weighted by molar-refractivity contribution is 9.10. The summed E-state index contributed by atoms with van der Waals surface area (Å²) in [5.41, 5.74) is 0.823. The van der Waals surface area contributed by atoms with Gasteiger partial charge in [0.1, 0.15) is 0 Å². The molecule has 1 heterocycles. The van der Waals surface area contributed by atoms with Crippen LogP contribution in [0.5, 0.6) is 0 Å². The number of hydrogen-bond acceptors (Lipinski definition) is 2. The summed E-state index contributed by atoms with van der Waals surface area (Å²) in [6.07, 6.45) is 0. The normalized spacial score (nSPS) is 14.3. The van der Waals surface area contributed by atoms with Crippen molar-refractivity contribution in [2.75, 3.05) is 5.32 Å². The first-order valence-electron chi connectivity index (χ1n) is 3.44. The average Bonchev–Trinajstić information content (AvgIpc) is 2.32. The molecule has 0 aliphatic carbocycles. The first kappa shape index (κ1) is 8.72. The lowest BCUT2D eigenvalue weighted by Gasteiger charge is -2.00. The van der Waals surface area contributed by atoms with E-state index in [1.807, 2.05) is 0 Å². The first-order chi connectivity index (χ1) is 6.09. The molecular weight excluding hydrogens is 257 g/mol. The molecule has 0 aromatic heterocycles. The van der Waals surface area contributed by atoms with E-state index in [1.54, 1.807) is 6.07 Å². The smallest absolute Gasteiger partial charge is 0.296 e. The van der Waals surface area contributed by atoms with Crippen molar-refractivity contribution < 1.29 is 9.59 Å². The number of fused-ring (bicyclic) bond motifs is 1. The Hall–Kier alpha value is -0.870. The number of carbonyl (C=O) groups is 2. The molecule has 1 aliphatic heterocycles. The first-order valence-corrected chi connectivity index (χ1v) is 4.61. The van der Waals surface area contributed by atoms with Gasteiger partial charge in [-0.2, -0.15) is 0 Å². The zero-order valence-electron chi connectivity index (χ0n) is 6.23. The second-order valence-corrected chi connectivity index (χ2v) is 3.88. The highest BCUT2D eigenvalue weighted by Crippen LogP contribution is 2.34. The predicted octanol–water partition coefficient (Wildman–Crippen LogP) is 2.24. The second-order valence-electron chi connectivity index (χ2n) is 2.59. The van der Waals surface area contributed by atoms with Crippen LogP contribution in [-0.4, -0.2) is 11.7 Å². The van der Waals surface area contributed by atoms with Gasteiger partial charge in [0.25, 0.3) is 11.7 Å². The summed E-state index contributed by atoms with van der Waals surface area (Å²) >= 11 is 8.92. The van der Waals surface area contributed by atoms with E-state index in [-0.39, 0.29) is 0 Å². The SMILES string of the molecule is O=C1Nc2c(Br)cc(Cl)cc2C1=O. The monoisotopic (exact) mass is 259 g/mol. The minimum absolute atomic E-state index is 0.323. The van der Waals surface area contributed by atoms with Crippen LogP contribution in [0.1, 0.15) is 10.4 Å². The molecule has 0 spiro atoms. The van der Waals surface area contributed by atoms with E-state index in [0.29, 0.717) is 20.7 Å². The van der Waals surface area contributed by atoms with E-state index in [4.69, 9.17) is 11.6 Å². The third kappa shape index (κ3) is 1.26. The Bertz CT molecular complexity index is 430. The van der Waals surface area contributed by atoms with Gasteiger partial charge >= 0.3 is 0 Å². The summed E-state index contributed by atoms with van der Waals surface area (Å²) in [6.45, 7) is 0. The molecule has 0 fully saturated rings. The van der Waals surface area contributed by atoms with Gasteiger partial charge in [-0.15, -0.1) is 0 Å². The van der Waals surface area contributed by atoms with E-state index >= 15 is 0 Å². The minimum Gasteiger partial charge on any atom is -0.317 e. The van der Waals surface area contributed by atoms with E-state index < -0.39 is 11.7 Å². The second kappa shape index (κ2) is 2.82. The van der Waals surface area contributed by atoms with Crippen LogP contribution in [0.3, 0.4) is 0 Å². The Morgan fingerprint density at radius 1 is 1.31 bits per heavy atom. The highest BCUT2D eigenvalue weighted by Gasteiger charge is 2.29. The van der Waals surface area contributed by atoms with Gasteiger partial charge in [-0.3, -0.25) is 9.59 Å². The van der Waals surface area contributed by atoms with Crippen LogP contribution >= 0.6 is 27.5 Å². The van der Waals surface area contributed by atoms with Crippen LogP contribution in [0, 0.1) is 0 Å². The molecule has 66 valence electrons. The van der Waals surface area contributed by atoms with Crippen molar-refractivity contribution in [3.05, 3.63) is 27.2 Å². The number of halogens is 2. The molecule has 0 saturated heterocycles. The fourth-order valence-corrected chi connectivity index (χ4v) is 2.08. The van der Waals surface area contributed by atoms with E-state index in [1.165, 1.54) is 6.07 Å². The Labute approximate surface area is 87.2 Å². The van der Waals surface area contributed by atoms with Crippen molar-refractivity contribution >= 4 is 44.9 Å². The fraction of sp³-hybridized carbons (Fsp3) is 0. The Kier molecular flexibility index (Phi) is 1.89. The standard InChI is InChI=1S/C8H3BrClNO2/c9-5-2-3(10)1-4-6(5)11-8(13)7(4)12/h1-2H,(H,11,12,13). The van der Waals surface area contributed by atoms with Gasteiger partial charge in [-0.25, -0.2) is 0 Å². The van der Waals surface area contributed by atoms with Crippen LogP contribution in [0.4, 0.5) is 5.69 Å². The number of anilines is 1. The molecule has 3 nitrogen and oxygen atoms in total. The predicted molar refractivity (Wildman–Crippen MR) is 52.1 cm³/mol. The summed E-state index contributed by atoms with van der Waals surface area (Å²) in [5.74, 6) is -1.16. The van der Waals surface area contributed by atoms with Crippen LogP contribution in [0.15, 0.2) is 16.6 Å². The molecule has 5 heteroatoms. The fourth-order valence-electron chi connectivity index (χ4n) is 1.17. The van der Waals surface area contributed by atoms with Gasteiger partial charge < -0.3 is 5.32 Å². The van der Waals surface area contributed by atoms with Crippen molar-refractivity contribution in [3.63, 3.8) is 0 Å². The molecule has 13 heavy (non-hydrogen) atoms. The zero-order chi connectivity index (χ0) is 9.59. The summed E-state index contributed by atoms with van der Waals surface area (Å²) < 4.78 is 0.620. The summed E-state index contributed by atoms with van der Waals surface area (Å²) in [4.78, 5) is 22.2. The molecule has 1 N–H and O–H groups in total. The summed E-state index contributed by atoms with van der Waals surface area (Å²) in [7, 11) is 0. The van der Waals surface area contributed by atoms with Crippen LogP contribution in [0.25, 0.3) is 0 Å². The maximum Gasteiger partial charge on any atom is 0.296 e. The highest BCUT2D eigenvalue weighted by atomic mass is 79.9. The van der Waals surface area contributed by atoms with Gasteiger partial charge in [0, 0.05) is 9.50 Å². The molecule has 2 rings (SSSR count). The average molecular weight is 260 g/mol. The van der Waals surface area contributed by atoms with Gasteiger partial charge in [0.05, 0.1) is 11.3 Å². The number of hydrogen-bond donors (Lipinski definition) is 1. The number of rotatable bonds is 0. The Morgan fingerprint density at radius 2 is 2.00 bits per heavy atom. The summed E-state index contributed by atoms with van der Waals surface area (Å²) in [5, 5.41) is 2.88. The third-order valence-corrected chi connectivity index (χ3v) is 2.59. The quantitative estimate of drug-likeness (QED) is 0.727. The van der Waals surface area contributed by atoms with E-state index in [0.717, 1.165) is 0 Å². The number of nitrogens with one attached hydrogen (secondary N) is 1. The molecule has 0 bridgehead atoms. The maximum absolute atomic E-state index is 11.2. The maximum atomic E-state index is 11.2. The van der Waals surface area contributed by atoms with Crippen LogP contribution < -0.4 is 5.32 Å². The number of Topliss-reactive ketones (excluding diaryl/α,β-unsaturated/α-hetero) is 1. The van der Waals surface area contributed by atoms with Crippen molar-refractivity contribution in [2.24, 2.45) is 0 Å². The molecule has 1 aromatic rings. The Morgan fingerprint density at radius 3 is 2.69 bits per heavy atom. The van der Waals surface area contributed by atoms with Crippen molar-refractivity contribution in [1.29, 1.82) is 0 Å². The molecule has 0 atom stereocenters. The van der Waals surface area contributed by atoms with Gasteiger partial charge in [-0.1, -0.05) is 11.6 Å². The van der Waals surface area contributed by atoms with Gasteiger partial charge in [-0.05, 0) is 28.1 Å². The topological polar surface area (TPSA) is 46.2 Å². The van der Waals surface area contributed by atoms with Crippen molar-refractivity contribution in [1.82, 2.24) is 0 Å². The number of amides is 1. The van der Waals surface area contributed by atoms with E-state index in [2.05, 4.69) is 21.2 Å². The van der Waals surface area contributed by atoms with Crippen molar-refractivity contribution in [3.8, 4) is 0 Å². The Balaban J connectivity index is 2.70. The summed E-state index contributed by atoms with van der Waals surface area (Å²) in [6, 6.07) is 3.10. The molecule has 1 amide bonds. The number of ketones is 1. The van der Waals surface area contributed by atoms with Crippen molar-refractivity contribution in [2.45, 2.75) is 0 Å². The lowest BCUT2D eigenvalue weighted by Crippen LogP contribution is -2.12. The van der Waals surface area contributed by atoms with E-state index in [9.17, 15) is 9.59 Å². The van der Waals surface area contributed by atoms with Crippen LogP contribution in [0.2, 0.25) is 5.02 Å². The molecule has 0 unspecified atom stereocenters. The lowest BCUT2D eigenvalue weighted by molar-refractivity contribution is -0.112. The number of benzene rings is 1. The third-order valence-electron chi connectivity index (χ3n) is 1.74. The molecule has 0 radical (unpaired) electrons. The number of carbonyl (C=O) groups excluding carboxylic acids is 2. The molecule has 1 aliphatic rings. The van der Waals surface area contributed by atoms with Gasteiger partial charge in [0.2, 0.25) is 0 Å². The molecule has 1 aromatic carbocycles. The zero-order valence-corrected chi connectivity index (χ0v) is 8.57. The van der Waals surface area contributed by atoms with Crippen LogP contribution in [-0.2, 0) is 4.79 Å². The molecular formula is C8H3BrClNO2.